The summed E-state index contributed by atoms with van der Waals surface area (Å²) >= 11 is 0. The number of aromatic nitrogens is 1. The van der Waals surface area contributed by atoms with Crippen molar-refractivity contribution in [3.63, 3.8) is 0 Å². The Morgan fingerprint density at radius 1 is 1.09 bits per heavy atom. The second-order valence-electron chi connectivity index (χ2n) is 9.00. The summed E-state index contributed by atoms with van der Waals surface area (Å²) in [6.07, 6.45) is 4.58. The normalized spacial score (nSPS) is 17.5. The molecule has 0 spiro atoms. The fourth-order valence-electron chi connectivity index (χ4n) is 4.59. The monoisotopic (exact) mass is 451 g/mol. The number of fused-ring (bicyclic) bond motifs is 1. The fraction of sp³-hybridized carbons (Fsp3) is 0.480. The van der Waals surface area contributed by atoms with Gasteiger partial charge in [-0.3, -0.25) is 9.59 Å². The van der Waals surface area contributed by atoms with Gasteiger partial charge in [0.15, 0.2) is 0 Å². The van der Waals surface area contributed by atoms with E-state index in [1.165, 1.54) is 11.1 Å². The number of hydrogen-bond donors (Lipinski definition) is 4. The number of piperidine rings is 1. The smallest absolute Gasteiger partial charge is 0.251 e. The average molecular weight is 452 g/mol. The molecule has 1 fully saturated rings. The van der Waals surface area contributed by atoms with E-state index >= 15 is 0 Å². The van der Waals surface area contributed by atoms with Crippen LogP contribution < -0.4 is 16.0 Å². The van der Waals surface area contributed by atoms with Crippen LogP contribution >= 0.6 is 0 Å². The molecule has 1 aliphatic heterocycles. The summed E-state index contributed by atoms with van der Waals surface area (Å²) in [5.41, 5.74) is 3.23. The van der Waals surface area contributed by atoms with Crippen molar-refractivity contribution in [3.05, 3.63) is 59.3 Å². The Morgan fingerprint density at radius 3 is 2.45 bits per heavy atom. The lowest BCUT2D eigenvalue weighted by Crippen LogP contribution is -2.42. The van der Waals surface area contributed by atoms with Crippen molar-refractivity contribution in [1.82, 2.24) is 20.5 Å². The molecule has 33 heavy (non-hydrogen) atoms. The molecule has 0 bridgehead atoms. The topological polar surface area (TPSA) is 107 Å². The predicted octanol–water partition coefficient (Wildman–Crippen LogP) is 1.35. The molecule has 176 valence electrons. The van der Waals surface area contributed by atoms with E-state index < -0.39 is 6.10 Å². The maximum Gasteiger partial charge on any atom is 0.251 e. The summed E-state index contributed by atoms with van der Waals surface area (Å²) in [5.74, 6) is 0.516. The van der Waals surface area contributed by atoms with Crippen LogP contribution in [-0.4, -0.2) is 71.2 Å². The van der Waals surface area contributed by atoms with Gasteiger partial charge in [-0.25, -0.2) is 4.98 Å². The molecule has 2 aromatic rings. The van der Waals surface area contributed by atoms with Crippen LogP contribution in [0.2, 0.25) is 0 Å². The van der Waals surface area contributed by atoms with Gasteiger partial charge in [-0.05, 0) is 48.9 Å². The highest BCUT2D eigenvalue weighted by molar-refractivity contribution is 5.94. The number of anilines is 1. The van der Waals surface area contributed by atoms with Gasteiger partial charge in [0.2, 0.25) is 5.91 Å². The molecule has 1 aliphatic carbocycles. The van der Waals surface area contributed by atoms with Gasteiger partial charge < -0.3 is 26.0 Å². The molecule has 2 heterocycles. The summed E-state index contributed by atoms with van der Waals surface area (Å²) in [6.45, 7) is 3.66. The molecular formula is C25H33N5O3. The minimum Gasteiger partial charge on any atom is -0.390 e. The SMILES string of the molecule is CC(=O)N1CCC(Nc2cc(C(=O)NC[C@@H](O)CNC3Cc4ccccc4C3)ccn2)CC1. The quantitative estimate of drug-likeness (QED) is 0.483. The Hall–Kier alpha value is -2.97. The number of likely N-dealkylation sites (tertiary alicyclic amines) is 1. The number of amides is 2. The molecule has 0 saturated carbocycles. The van der Waals surface area contributed by atoms with Gasteiger partial charge in [-0.2, -0.15) is 0 Å². The number of carbonyl (C=O) groups excluding carboxylic acids is 2. The van der Waals surface area contributed by atoms with E-state index in [1.54, 1.807) is 25.3 Å². The first-order chi connectivity index (χ1) is 16.0. The Morgan fingerprint density at radius 2 is 1.79 bits per heavy atom. The van der Waals surface area contributed by atoms with Crippen LogP contribution in [0.25, 0.3) is 0 Å². The predicted molar refractivity (Wildman–Crippen MR) is 127 cm³/mol. The second kappa shape index (κ2) is 10.8. The van der Waals surface area contributed by atoms with Crippen LogP contribution in [0, 0.1) is 0 Å². The molecule has 1 aromatic heterocycles. The summed E-state index contributed by atoms with van der Waals surface area (Å²) in [4.78, 5) is 30.2. The van der Waals surface area contributed by atoms with E-state index in [0.717, 1.165) is 38.8 Å². The molecule has 8 nitrogen and oxygen atoms in total. The van der Waals surface area contributed by atoms with Gasteiger partial charge >= 0.3 is 0 Å². The molecular weight excluding hydrogens is 418 g/mol. The molecule has 2 aliphatic rings. The van der Waals surface area contributed by atoms with Gasteiger partial charge in [0.1, 0.15) is 5.82 Å². The maximum atomic E-state index is 12.6. The van der Waals surface area contributed by atoms with E-state index in [2.05, 4.69) is 45.2 Å². The number of aliphatic hydroxyl groups is 1. The number of nitrogens with zero attached hydrogens (tertiary/aromatic N) is 2. The fourth-order valence-corrected chi connectivity index (χ4v) is 4.59. The first-order valence-electron chi connectivity index (χ1n) is 11.7. The lowest BCUT2D eigenvalue weighted by molar-refractivity contribution is -0.129. The summed E-state index contributed by atoms with van der Waals surface area (Å²) in [6, 6.07) is 12.4. The highest BCUT2D eigenvalue weighted by Crippen LogP contribution is 2.21. The zero-order chi connectivity index (χ0) is 23.2. The van der Waals surface area contributed by atoms with Crippen molar-refractivity contribution < 1.29 is 14.7 Å². The molecule has 0 radical (unpaired) electrons. The molecule has 8 heteroatoms. The zero-order valence-electron chi connectivity index (χ0n) is 19.1. The minimum atomic E-state index is -0.663. The maximum absolute atomic E-state index is 12.6. The molecule has 1 aromatic carbocycles. The summed E-state index contributed by atoms with van der Waals surface area (Å²) in [7, 11) is 0. The number of pyridine rings is 1. The minimum absolute atomic E-state index is 0.107. The Kier molecular flexibility index (Phi) is 7.57. The zero-order valence-corrected chi connectivity index (χ0v) is 19.1. The van der Waals surface area contributed by atoms with E-state index in [9.17, 15) is 14.7 Å². The average Bonchev–Trinajstić information content (AvgIpc) is 3.25. The van der Waals surface area contributed by atoms with Gasteiger partial charge in [-0.1, -0.05) is 24.3 Å². The van der Waals surface area contributed by atoms with E-state index in [1.807, 2.05) is 4.90 Å². The molecule has 2 amide bonds. The first-order valence-corrected chi connectivity index (χ1v) is 11.7. The van der Waals surface area contributed by atoms with E-state index in [0.29, 0.717) is 24.0 Å². The van der Waals surface area contributed by atoms with Gasteiger partial charge in [0.25, 0.3) is 5.91 Å². The third kappa shape index (κ3) is 6.30. The standard InChI is InChI=1S/C25H33N5O3/c1-17(31)30-10-7-21(8-11-30)29-24-14-20(6-9-26-24)25(33)28-16-23(32)15-27-22-12-18-4-2-3-5-19(18)13-22/h2-6,9,14,21-23,27,32H,7-8,10-13,15-16H2,1H3,(H,26,29)(H,28,33)/t23-/m0/s1. The van der Waals surface area contributed by atoms with Gasteiger partial charge in [0.05, 0.1) is 6.10 Å². The first kappa shape index (κ1) is 23.2. The number of aliphatic hydroxyl groups excluding tert-OH is 1. The lowest BCUT2D eigenvalue weighted by atomic mass is 10.0. The van der Waals surface area contributed by atoms with Crippen LogP contribution in [0.3, 0.4) is 0 Å². The molecule has 1 saturated heterocycles. The van der Waals surface area contributed by atoms with Crippen LogP contribution in [0.4, 0.5) is 5.82 Å². The van der Waals surface area contributed by atoms with Crippen molar-refractivity contribution >= 4 is 17.6 Å². The van der Waals surface area contributed by atoms with Crippen molar-refractivity contribution in [2.75, 3.05) is 31.5 Å². The van der Waals surface area contributed by atoms with Crippen LogP contribution in [0.1, 0.15) is 41.3 Å². The summed E-state index contributed by atoms with van der Waals surface area (Å²) in [5, 5.41) is 19.9. The van der Waals surface area contributed by atoms with Crippen molar-refractivity contribution in [2.24, 2.45) is 0 Å². The summed E-state index contributed by atoms with van der Waals surface area (Å²) < 4.78 is 0. The van der Waals surface area contributed by atoms with Crippen molar-refractivity contribution in [1.29, 1.82) is 0 Å². The van der Waals surface area contributed by atoms with Gasteiger partial charge in [-0.15, -0.1) is 0 Å². The van der Waals surface area contributed by atoms with E-state index in [4.69, 9.17) is 0 Å². The number of carbonyl (C=O) groups is 2. The van der Waals surface area contributed by atoms with Crippen LogP contribution in [0.5, 0.6) is 0 Å². The third-order valence-electron chi connectivity index (χ3n) is 6.51. The lowest BCUT2D eigenvalue weighted by Gasteiger charge is -2.32. The molecule has 4 rings (SSSR count). The highest BCUT2D eigenvalue weighted by Gasteiger charge is 2.22. The second-order valence-corrected chi connectivity index (χ2v) is 9.00. The largest absolute Gasteiger partial charge is 0.390 e. The van der Waals surface area contributed by atoms with E-state index in [-0.39, 0.29) is 24.4 Å². The number of hydrogen-bond acceptors (Lipinski definition) is 6. The van der Waals surface area contributed by atoms with Crippen molar-refractivity contribution in [3.8, 4) is 0 Å². The van der Waals surface area contributed by atoms with Crippen LogP contribution in [0.15, 0.2) is 42.6 Å². The number of benzene rings is 1. The Bertz CT molecular complexity index is 949. The van der Waals surface area contributed by atoms with Crippen LogP contribution in [-0.2, 0) is 17.6 Å². The molecule has 0 unspecified atom stereocenters. The molecule has 4 N–H and O–H groups in total. The van der Waals surface area contributed by atoms with Gasteiger partial charge in [0, 0.05) is 56.9 Å². The molecule has 1 atom stereocenters. The Balaban J connectivity index is 1.19. The highest BCUT2D eigenvalue weighted by atomic mass is 16.3. The Labute approximate surface area is 194 Å². The van der Waals surface area contributed by atoms with Crippen molar-refractivity contribution in [2.45, 2.75) is 50.8 Å². The number of nitrogens with one attached hydrogen (secondary N) is 3. The number of rotatable bonds is 8. The third-order valence-corrected chi connectivity index (χ3v) is 6.51.